The minimum atomic E-state index is -5.58. The highest BCUT2D eigenvalue weighted by Gasteiger charge is 2.53. The summed E-state index contributed by atoms with van der Waals surface area (Å²) in [5.41, 5.74) is 0. The fourth-order valence-electron chi connectivity index (χ4n) is 17.1. The molecular weight excluding hydrogens is 1540 g/mol. The van der Waals surface area contributed by atoms with Gasteiger partial charge in [0.05, 0.1) is 26.1 Å². The Hall–Kier alpha value is -3.15. The average Bonchev–Trinajstić information content (AvgIpc) is 0.777. The number of amides is 2. The van der Waals surface area contributed by atoms with Gasteiger partial charge in [-0.2, -0.15) is 0 Å². The van der Waals surface area contributed by atoms with Crippen LogP contribution in [-0.2, 0) is 66.3 Å². The van der Waals surface area contributed by atoms with Crippen LogP contribution in [0, 0.1) is 5.92 Å². The maximum atomic E-state index is 15.0. The van der Waals surface area contributed by atoms with E-state index in [1.54, 1.807) is 0 Å². The van der Waals surface area contributed by atoms with E-state index in [1.807, 2.05) is 0 Å². The molecule has 0 saturated carbocycles. The molecule has 706 valence electrons. The number of aliphatic hydroxyl groups is 4. The number of aliphatic hydroxyl groups excluding tert-OH is 4. The molecule has 2 aliphatic rings. The molecule has 120 heavy (non-hydrogen) atoms. The Bertz CT molecular complexity index is 2510. The van der Waals surface area contributed by atoms with Gasteiger partial charge < -0.3 is 69.3 Å². The van der Waals surface area contributed by atoms with Crippen LogP contribution in [0.15, 0.2) is 0 Å². The Kier molecular flexibility index (Phi) is 72.5. The molecule has 2 amide bonds. The van der Waals surface area contributed by atoms with Crippen molar-refractivity contribution in [1.29, 1.82) is 0 Å². The summed E-state index contributed by atoms with van der Waals surface area (Å²) in [5, 5.41) is 52.0. The number of rotatable bonds is 85. The second kappa shape index (κ2) is 77.0. The first-order valence-electron chi connectivity index (χ1n) is 50.2. The van der Waals surface area contributed by atoms with Gasteiger partial charge in [0.1, 0.15) is 60.6 Å². The molecule has 10 unspecified atom stereocenters. The lowest BCUT2D eigenvalue weighted by atomic mass is 9.90. The molecule has 2 heterocycles. The first-order valence-corrected chi connectivity index (χ1v) is 51.8. The quantitative estimate of drug-likeness (QED) is 0.0121. The lowest BCUT2D eigenvalue weighted by Crippen LogP contribution is -2.67. The van der Waals surface area contributed by atoms with E-state index in [2.05, 4.69) is 52.2 Å². The Morgan fingerprint density at radius 1 is 0.350 bits per heavy atom. The molecule has 0 bridgehead atoms. The van der Waals surface area contributed by atoms with E-state index >= 15 is 0 Å². The lowest BCUT2D eigenvalue weighted by Gasteiger charge is -2.46. The summed E-state index contributed by atoms with van der Waals surface area (Å²) in [6, 6.07) is -3.31. The van der Waals surface area contributed by atoms with E-state index in [0.29, 0.717) is 51.4 Å². The van der Waals surface area contributed by atoms with Gasteiger partial charge in [0, 0.05) is 32.1 Å². The van der Waals surface area contributed by atoms with E-state index in [4.69, 9.17) is 32.9 Å². The molecule has 0 aromatic rings. The summed E-state index contributed by atoms with van der Waals surface area (Å²) in [7, 11) is -5.58. The predicted octanol–water partition coefficient (Wildman–Crippen LogP) is 23.0. The molecule has 0 aromatic heterocycles. The number of ether oxygens (including phenoxy) is 6. The maximum Gasteiger partial charge on any atom is 0.470 e. The molecular formula is C97H183N2O20P. The summed E-state index contributed by atoms with van der Waals surface area (Å²) in [6.07, 6.45) is 49.7. The number of ketones is 1. The Morgan fingerprint density at radius 3 is 1.04 bits per heavy atom. The number of nitrogens with one attached hydrogen (secondary N) is 2. The second-order valence-corrected chi connectivity index (χ2v) is 37.2. The van der Waals surface area contributed by atoms with Crippen molar-refractivity contribution in [1.82, 2.24) is 10.6 Å². The SMILES string of the molecule is CCCCCCCCCCCCCCCC(=O)C[C@H](CCCCCCCCCCC)CC(=O)NC1C(O)OC(COC2OC(CO)C(OP(=O)(O)O)C(OC(=O)C[C@@H](CCCCCCCCCCC)OC(=O)CCCCCCCCCCCCC)C2NC(=O)C[C@@H](CCCCCCCCCCC)OC(=O)CCCCCCCCCCC)C(O)C1O. The normalized spacial score (nSPS) is 20.2. The van der Waals surface area contributed by atoms with Crippen LogP contribution in [0.25, 0.3) is 0 Å². The van der Waals surface area contributed by atoms with Crippen LogP contribution >= 0.6 is 7.82 Å². The number of unbranched alkanes of at least 4 members (excludes halogenated alkanes) is 54. The number of phosphoric acid groups is 1. The van der Waals surface area contributed by atoms with Crippen LogP contribution in [0.2, 0.25) is 0 Å². The van der Waals surface area contributed by atoms with Crippen LogP contribution in [0.5, 0.6) is 0 Å². The highest BCUT2D eigenvalue weighted by molar-refractivity contribution is 7.46. The van der Waals surface area contributed by atoms with E-state index in [-0.39, 0.29) is 37.4 Å². The minimum absolute atomic E-state index is 0.0665. The first kappa shape index (κ1) is 113. The standard InChI is InChI=1S/C97H183N2O20P/c1-7-13-19-25-31-37-39-40-42-47-50-56-62-68-80(101)73-79(67-61-55-49-43-33-27-21-15-9-3)74-85(102)98-90-93(108)92(107)84(116-96(90)109)78-113-97-91(99-86(103)75-81(69-63-57-51-44-34-28-22-16-10-4)114-87(104)71-65-59-53-46-36-30-24-18-12-6)95(94(83(77-100)117-97)119-120(110,111)112)118-89(106)76-82(70-64-58-52-45-35-29-23-17-11-5)115-88(105)72-66-60-54-48-41-38-32-26-20-14-8-2/h79,81-84,90-97,100,107-109H,7-78H2,1-6H3,(H,98,102)(H,99,103)(H2,110,111,112)/t79-,81+,82+,83?,84?,90?,91?,92?,93?,94?,95?,96?,97?/m0/s1. The molecule has 23 heteroatoms. The van der Waals surface area contributed by atoms with Gasteiger partial charge in [0.15, 0.2) is 18.7 Å². The van der Waals surface area contributed by atoms with Crippen LogP contribution in [0.1, 0.15) is 491 Å². The zero-order valence-corrected chi connectivity index (χ0v) is 78.2. The van der Waals surface area contributed by atoms with Crippen molar-refractivity contribution >= 4 is 43.3 Å². The largest absolute Gasteiger partial charge is 0.470 e. The number of phosphoric ester groups is 1. The fourth-order valence-corrected chi connectivity index (χ4v) is 17.7. The van der Waals surface area contributed by atoms with Gasteiger partial charge in [-0.05, 0) is 57.3 Å². The zero-order valence-electron chi connectivity index (χ0n) is 77.3. The lowest BCUT2D eigenvalue weighted by molar-refractivity contribution is -0.297. The third-order valence-corrected chi connectivity index (χ3v) is 25.1. The van der Waals surface area contributed by atoms with Crippen molar-refractivity contribution in [2.24, 2.45) is 5.92 Å². The number of Topliss-reactive ketones (excluding diaryl/α,β-unsaturated/α-hetero) is 1. The molecule has 2 aliphatic heterocycles. The van der Waals surface area contributed by atoms with Crippen LogP contribution in [-0.4, -0.2) is 152 Å². The van der Waals surface area contributed by atoms with Crippen molar-refractivity contribution in [3.63, 3.8) is 0 Å². The number of esters is 3. The highest BCUT2D eigenvalue weighted by atomic mass is 31.2. The van der Waals surface area contributed by atoms with Gasteiger partial charge in [0.2, 0.25) is 11.8 Å². The van der Waals surface area contributed by atoms with E-state index in [1.165, 1.54) is 180 Å². The van der Waals surface area contributed by atoms with Crippen LogP contribution in [0.4, 0.5) is 0 Å². The third-order valence-electron chi connectivity index (χ3n) is 24.6. The van der Waals surface area contributed by atoms with E-state index < -0.39 is 137 Å². The van der Waals surface area contributed by atoms with Crippen molar-refractivity contribution in [2.45, 2.75) is 564 Å². The molecule has 0 radical (unpaired) electrons. The number of hydrogen-bond donors (Lipinski definition) is 8. The van der Waals surface area contributed by atoms with Gasteiger partial charge in [-0.25, -0.2) is 4.57 Å². The smallest absolute Gasteiger partial charge is 0.462 e. The minimum Gasteiger partial charge on any atom is -0.462 e. The summed E-state index contributed by atoms with van der Waals surface area (Å²) in [4.78, 5) is 106. The van der Waals surface area contributed by atoms with Gasteiger partial charge in [-0.15, -0.1) is 0 Å². The predicted molar refractivity (Wildman–Crippen MR) is 481 cm³/mol. The van der Waals surface area contributed by atoms with Crippen molar-refractivity contribution < 1.29 is 96.5 Å². The Labute approximate surface area is 730 Å². The first-order chi connectivity index (χ1) is 58.2. The molecule has 0 spiro atoms. The molecule has 2 fully saturated rings. The topological polar surface area (TPSA) is 330 Å². The second-order valence-electron chi connectivity index (χ2n) is 36.0. The van der Waals surface area contributed by atoms with Crippen LogP contribution in [0.3, 0.4) is 0 Å². The van der Waals surface area contributed by atoms with Gasteiger partial charge in [-0.1, -0.05) is 395 Å². The zero-order chi connectivity index (χ0) is 87.7. The average molecular weight is 1730 g/mol. The Balaban J connectivity index is 2.56. The maximum absolute atomic E-state index is 15.0. The molecule has 13 atom stereocenters. The highest BCUT2D eigenvalue weighted by Crippen LogP contribution is 2.43. The summed E-state index contributed by atoms with van der Waals surface area (Å²) >= 11 is 0. The van der Waals surface area contributed by atoms with Crippen LogP contribution < -0.4 is 10.6 Å². The Morgan fingerprint density at radius 2 is 0.675 bits per heavy atom. The van der Waals surface area contributed by atoms with E-state index in [9.17, 15) is 63.5 Å². The summed E-state index contributed by atoms with van der Waals surface area (Å²) < 4.78 is 55.5. The monoisotopic (exact) mass is 1730 g/mol. The van der Waals surface area contributed by atoms with E-state index in [0.717, 1.165) is 180 Å². The summed E-state index contributed by atoms with van der Waals surface area (Å²) in [6.45, 7) is 11.5. The number of carbonyl (C=O) groups is 6. The van der Waals surface area contributed by atoms with Gasteiger partial charge in [-0.3, -0.25) is 33.3 Å². The molecule has 8 N–H and O–H groups in total. The van der Waals surface area contributed by atoms with Crippen molar-refractivity contribution in [3.05, 3.63) is 0 Å². The van der Waals surface area contributed by atoms with Crippen molar-refractivity contribution in [3.8, 4) is 0 Å². The molecule has 0 aliphatic carbocycles. The molecule has 2 saturated heterocycles. The number of carbonyl (C=O) groups excluding carboxylic acids is 6. The summed E-state index contributed by atoms with van der Waals surface area (Å²) in [5.74, 6) is -3.50. The number of hydrogen-bond acceptors (Lipinski definition) is 18. The van der Waals surface area contributed by atoms with Crippen molar-refractivity contribution in [2.75, 3.05) is 13.2 Å². The molecule has 22 nitrogen and oxygen atoms in total. The van der Waals surface area contributed by atoms with Gasteiger partial charge in [0.25, 0.3) is 0 Å². The fraction of sp³-hybridized carbons (Fsp3) is 0.938. The molecule has 2 rings (SSSR count). The third kappa shape index (κ3) is 60.5. The van der Waals surface area contributed by atoms with Gasteiger partial charge >= 0.3 is 25.7 Å². The molecule has 0 aromatic carbocycles.